The molecule has 8 heteroatoms. The van der Waals surface area contributed by atoms with Crippen LogP contribution in [0, 0.1) is 13.8 Å². The summed E-state index contributed by atoms with van der Waals surface area (Å²) in [6.45, 7) is 5.69. The van der Waals surface area contributed by atoms with Crippen LogP contribution < -0.4 is 9.62 Å². The van der Waals surface area contributed by atoms with Crippen LogP contribution in [0.25, 0.3) is 0 Å². The van der Waals surface area contributed by atoms with Crippen molar-refractivity contribution in [1.82, 2.24) is 0 Å². The van der Waals surface area contributed by atoms with Gasteiger partial charge in [-0.2, -0.15) is 0 Å². The molecule has 1 amide bonds. The van der Waals surface area contributed by atoms with Gasteiger partial charge in [0.25, 0.3) is 10.0 Å². The number of nitrogens with one attached hydrogen (secondary N) is 1. The Morgan fingerprint density at radius 1 is 0.943 bits per heavy atom. The number of hydrogen-bond donors (Lipinski definition) is 1. The van der Waals surface area contributed by atoms with E-state index in [0.29, 0.717) is 23.5 Å². The lowest BCUT2D eigenvalue weighted by atomic mass is 10.1. The van der Waals surface area contributed by atoms with E-state index in [1.807, 2.05) is 32.9 Å². The second-order valence-corrected chi connectivity index (χ2v) is 10.1. The van der Waals surface area contributed by atoms with E-state index in [4.69, 9.17) is 4.74 Å². The fourth-order valence-corrected chi connectivity index (χ4v) is 5.02. The Morgan fingerprint density at radius 2 is 1.63 bits per heavy atom. The van der Waals surface area contributed by atoms with E-state index >= 15 is 0 Å². The highest BCUT2D eigenvalue weighted by Gasteiger charge is 2.28. The molecule has 3 aromatic rings. The van der Waals surface area contributed by atoms with Crippen molar-refractivity contribution in [2.75, 3.05) is 22.8 Å². The van der Waals surface area contributed by atoms with Crippen molar-refractivity contribution in [3.8, 4) is 0 Å². The van der Waals surface area contributed by atoms with Crippen LogP contribution in [0.5, 0.6) is 0 Å². The van der Waals surface area contributed by atoms with Gasteiger partial charge in [-0.15, -0.1) is 0 Å². The molecule has 7 nitrogen and oxygen atoms in total. The molecular formula is C27H30N2O5S. The molecule has 0 saturated heterocycles. The number of carbonyl (C=O) groups is 2. The van der Waals surface area contributed by atoms with E-state index in [2.05, 4.69) is 5.32 Å². The molecular weight excluding hydrogens is 464 g/mol. The Hall–Kier alpha value is -3.65. The third-order valence-corrected chi connectivity index (χ3v) is 7.15. The highest BCUT2D eigenvalue weighted by Crippen LogP contribution is 2.27. The van der Waals surface area contributed by atoms with Gasteiger partial charge in [0.05, 0.1) is 22.8 Å². The number of sulfonamides is 1. The molecule has 0 aliphatic heterocycles. The van der Waals surface area contributed by atoms with Gasteiger partial charge in [-0.3, -0.25) is 9.10 Å². The first-order valence-electron chi connectivity index (χ1n) is 11.4. The zero-order valence-corrected chi connectivity index (χ0v) is 21.0. The summed E-state index contributed by atoms with van der Waals surface area (Å²) in [5.74, 6) is -0.936. The first kappa shape index (κ1) is 26.0. The van der Waals surface area contributed by atoms with Gasteiger partial charge in [-0.25, -0.2) is 13.2 Å². The summed E-state index contributed by atoms with van der Waals surface area (Å²) in [5.41, 5.74) is 2.98. The number of unbranched alkanes of at least 4 members (excludes halogenated alkanes) is 1. The second kappa shape index (κ2) is 11.7. The van der Waals surface area contributed by atoms with Gasteiger partial charge in [0.15, 0.2) is 0 Å². The quantitative estimate of drug-likeness (QED) is 0.313. The van der Waals surface area contributed by atoms with E-state index in [0.717, 1.165) is 28.3 Å². The number of benzene rings is 3. The molecule has 0 aliphatic carbocycles. The van der Waals surface area contributed by atoms with Crippen molar-refractivity contribution in [2.24, 2.45) is 0 Å². The van der Waals surface area contributed by atoms with Crippen LogP contribution in [0.4, 0.5) is 11.4 Å². The van der Waals surface area contributed by atoms with Gasteiger partial charge in [0.1, 0.15) is 6.54 Å². The summed E-state index contributed by atoms with van der Waals surface area (Å²) in [5, 5.41) is 2.72. The highest BCUT2D eigenvalue weighted by atomic mass is 32.2. The van der Waals surface area contributed by atoms with Crippen molar-refractivity contribution in [3.05, 3.63) is 89.5 Å². The van der Waals surface area contributed by atoms with E-state index in [1.54, 1.807) is 48.5 Å². The molecule has 0 atom stereocenters. The predicted molar refractivity (Wildman–Crippen MR) is 137 cm³/mol. The number of hydrogen-bond acceptors (Lipinski definition) is 5. The van der Waals surface area contributed by atoms with E-state index in [9.17, 15) is 18.0 Å². The smallest absolute Gasteiger partial charge is 0.338 e. The maximum Gasteiger partial charge on any atom is 0.338 e. The molecule has 0 saturated carbocycles. The normalized spacial score (nSPS) is 11.1. The number of nitrogens with zero attached hydrogens (tertiary/aromatic N) is 1. The SMILES string of the molecule is CCCCOC(=O)c1ccc(NC(=O)CN(c2ccc(C)cc2C)S(=O)(=O)c2ccccc2)cc1. The maximum atomic E-state index is 13.5. The van der Waals surface area contributed by atoms with Crippen LogP contribution in [0.2, 0.25) is 0 Å². The Labute approximate surface area is 206 Å². The first-order valence-corrected chi connectivity index (χ1v) is 12.9. The Kier molecular flexibility index (Phi) is 8.65. The summed E-state index contributed by atoms with van der Waals surface area (Å²) >= 11 is 0. The van der Waals surface area contributed by atoms with Crippen LogP contribution in [-0.4, -0.2) is 33.4 Å². The molecule has 184 valence electrons. The van der Waals surface area contributed by atoms with Gasteiger partial charge >= 0.3 is 5.97 Å². The monoisotopic (exact) mass is 494 g/mol. The molecule has 0 fully saturated rings. The van der Waals surface area contributed by atoms with Gasteiger partial charge in [-0.1, -0.05) is 49.2 Å². The third-order valence-electron chi connectivity index (χ3n) is 5.37. The number of rotatable bonds is 10. The lowest BCUT2D eigenvalue weighted by molar-refractivity contribution is -0.114. The minimum absolute atomic E-state index is 0.0960. The fourth-order valence-electron chi connectivity index (χ4n) is 3.52. The molecule has 0 radical (unpaired) electrons. The third kappa shape index (κ3) is 6.70. The van der Waals surface area contributed by atoms with Crippen molar-refractivity contribution in [1.29, 1.82) is 0 Å². The summed E-state index contributed by atoms with van der Waals surface area (Å²) < 4.78 is 33.3. The summed E-state index contributed by atoms with van der Waals surface area (Å²) in [4.78, 5) is 25.1. The van der Waals surface area contributed by atoms with Gasteiger partial charge < -0.3 is 10.1 Å². The summed E-state index contributed by atoms with van der Waals surface area (Å²) in [7, 11) is -3.99. The summed E-state index contributed by atoms with van der Waals surface area (Å²) in [6, 6.07) is 19.7. The van der Waals surface area contributed by atoms with Crippen molar-refractivity contribution < 1.29 is 22.7 Å². The van der Waals surface area contributed by atoms with Crippen LogP contribution in [0.3, 0.4) is 0 Å². The van der Waals surface area contributed by atoms with Crippen molar-refractivity contribution >= 4 is 33.3 Å². The van der Waals surface area contributed by atoms with Crippen LogP contribution >= 0.6 is 0 Å². The van der Waals surface area contributed by atoms with Crippen molar-refractivity contribution in [3.63, 3.8) is 0 Å². The summed E-state index contributed by atoms with van der Waals surface area (Å²) in [6.07, 6.45) is 1.72. The topological polar surface area (TPSA) is 92.8 Å². The standard InChI is InChI=1S/C27H30N2O5S/c1-4-5-17-34-27(31)22-12-14-23(15-13-22)28-26(30)19-29(25-16-11-20(2)18-21(25)3)35(32,33)24-9-7-6-8-10-24/h6-16,18H,4-5,17,19H2,1-3H3,(H,28,30). The van der Waals surface area contributed by atoms with Gasteiger partial charge in [0, 0.05) is 5.69 Å². The Bertz CT molecular complexity index is 1270. The number of anilines is 2. The second-order valence-electron chi connectivity index (χ2n) is 8.23. The molecule has 3 rings (SSSR count). The largest absolute Gasteiger partial charge is 0.462 e. The number of ether oxygens (including phenoxy) is 1. The molecule has 1 N–H and O–H groups in total. The molecule has 0 aliphatic rings. The Morgan fingerprint density at radius 3 is 2.26 bits per heavy atom. The number of carbonyl (C=O) groups excluding carboxylic acids is 2. The minimum atomic E-state index is -3.99. The fraction of sp³-hybridized carbons (Fsp3) is 0.259. The van der Waals surface area contributed by atoms with Crippen LogP contribution in [0.1, 0.15) is 41.3 Å². The Balaban J connectivity index is 1.80. The number of aryl methyl sites for hydroxylation is 2. The number of esters is 1. The zero-order chi connectivity index (χ0) is 25.4. The molecule has 0 spiro atoms. The van der Waals surface area contributed by atoms with E-state index in [-0.39, 0.29) is 4.90 Å². The molecule has 0 aromatic heterocycles. The molecule has 0 unspecified atom stereocenters. The van der Waals surface area contributed by atoms with E-state index in [1.165, 1.54) is 12.1 Å². The molecule has 35 heavy (non-hydrogen) atoms. The molecule has 0 heterocycles. The average molecular weight is 495 g/mol. The highest BCUT2D eigenvalue weighted by molar-refractivity contribution is 7.92. The lowest BCUT2D eigenvalue weighted by Crippen LogP contribution is -2.38. The lowest BCUT2D eigenvalue weighted by Gasteiger charge is -2.26. The predicted octanol–water partition coefficient (Wildman–Crippen LogP) is 5.09. The van der Waals surface area contributed by atoms with Gasteiger partial charge in [0.2, 0.25) is 5.91 Å². The zero-order valence-electron chi connectivity index (χ0n) is 20.2. The maximum absolute atomic E-state index is 13.5. The van der Waals surface area contributed by atoms with Gasteiger partial charge in [-0.05, 0) is 68.3 Å². The van der Waals surface area contributed by atoms with E-state index < -0.39 is 28.4 Å². The average Bonchev–Trinajstić information content (AvgIpc) is 2.84. The molecule has 0 bridgehead atoms. The first-order chi connectivity index (χ1) is 16.7. The minimum Gasteiger partial charge on any atom is -0.462 e. The van der Waals surface area contributed by atoms with Crippen LogP contribution in [-0.2, 0) is 19.6 Å². The van der Waals surface area contributed by atoms with Crippen LogP contribution in [0.15, 0.2) is 77.7 Å². The molecule has 3 aromatic carbocycles. The number of amides is 1. The van der Waals surface area contributed by atoms with Crippen molar-refractivity contribution in [2.45, 2.75) is 38.5 Å².